The molecule has 2 saturated carbocycles. The number of carbonyl (C=O) groups is 1. The molecule has 1 aliphatic heterocycles. The maximum Gasteiger partial charge on any atom is 0.226 e. The summed E-state index contributed by atoms with van der Waals surface area (Å²) >= 11 is 0. The number of hydrogen-bond acceptors (Lipinski definition) is 3. The summed E-state index contributed by atoms with van der Waals surface area (Å²) in [5, 5.41) is 14.2. The van der Waals surface area contributed by atoms with Crippen molar-refractivity contribution in [1.29, 1.82) is 0 Å². The quantitative estimate of drug-likeness (QED) is 0.721. The standard InChI is InChI=1S/C22H28N4O/c1-2-14-11-19(27)24-22-20(14)21(25-26-22)17-9-16(10-17)15-5-3-4-13(8-15)12-23-18-6-7-18/h3-5,8,14,16-18,23H,2,6-7,9-12H2,1H3,(H2,24,25,26,27). The van der Waals surface area contributed by atoms with E-state index in [0.717, 1.165) is 24.8 Å². The zero-order chi connectivity index (χ0) is 18.4. The van der Waals surface area contributed by atoms with Crippen LogP contribution in [0.4, 0.5) is 5.82 Å². The Kier molecular flexibility index (Phi) is 4.27. The van der Waals surface area contributed by atoms with Crippen LogP contribution in [0.2, 0.25) is 0 Å². The van der Waals surface area contributed by atoms with Crippen LogP contribution in [0.3, 0.4) is 0 Å². The topological polar surface area (TPSA) is 69.8 Å². The van der Waals surface area contributed by atoms with Gasteiger partial charge in [0.25, 0.3) is 0 Å². The molecule has 0 spiro atoms. The Balaban J connectivity index is 1.27. The fourth-order valence-corrected chi connectivity index (χ4v) is 4.67. The van der Waals surface area contributed by atoms with Crippen molar-refractivity contribution >= 4 is 11.7 Å². The highest BCUT2D eigenvalue weighted by atomic mass is 16.1. The number of anilines is 1. The minimum absolute atomic E-state index is 0.0931. The first-order chi connectivity index (χ1) is 13.2. The van der Waals surface area contributed by atoms with Gasteiger partial charge in [0, 0.05) is 36.2 Å². The lowest BCUT2D eigenvalue weighted by atomic mass is 9.68. The van der Waals surface area contributed by atoms with Crippen LogP contribution in [0, 0.1) is 0 Å². The molecule has 2 aromatic rings. The maximum atomic E-state index is 11.9. The van der Waals surface area contributed by atoms with Gasteiger partial charge in [0.2, 0.25) is 5.91 Å². The maximum absolute atomic E-state index is 11.9. The molecule has 1 unspecified atom stereocenters. The van der Waals surface area contributed by atoms with Crippen LogP contribution in [-0.4, -0.2) is 22.1 Å². The van der Waals surface area contributed by atoms with Crippen molar-refractivity contribution in [1.82, 2.24) is 15.5 Å². The molecule has 0 radical (unpaired) electrons. The van der Waals surface area contributed by atoms with Crippen molar-refractivity contribution < 1.29 is 4.79 Å². The molecule has 1 amide bonds. The molecule has 1 aromatic carbocycles. The predicted octanol–water partition coefficient (Wildman–Crippen LogP) is 4.16. The van der Waals surface area contributed by atoms with Gasteiger partial charge >= 0.3 is 0 Å². The highest BCUT2D eigenvalue weighted by Gasteiger charge is 2.38. The number of aromatic nitrogens is 2. The van der Waals surface area contributed by atoms with Crippen LogP contribution >= 0.6 is 0 Å². The molecule has 142 valence electrons. The van der Waals surface area contributed by atoms with Crippen molar-refractivity contribution in [3.63, 3.8) is 0 Å². The molecule has 2 heterocycles. The Hall–Kier alpha value is -2.14. The minimum atomic E-state index is 0.0931. The first-order valence-electron chi connectivity index (χ1n) is 10.4. The van der Waals surface area contributed by atoms with E-state index in [2.05, 4.69) is 52.0 Å². The van der Waals surface area contributed by atoms with E-state index in [4.69, 9.17) is 0 Å². The summed E-state index contributed by atoms with van der Waals surface area (Å²) in [4.78, 5) is 11.9. The molecule has 5 rings (SSSR count). The van der Waals surface area contributed by atoms with E-state index >= 15 is 0 Å². The largest absolute Gasteiger partial charge is 0.310 e. The van der Waals surface area contributed by atoms with Crippen LogP contribution in [0.15, 0.2) is 24.3 Å². The zero-order valence-electron chi connectivity index (χ0n) is 15.9. The minimum Gasteiger partial charge on any atom is -0.310 e. The Morgan fingerprint density at radius 1 is 1.22 bits per heavy atom. The van der Waals surface area contributed by atoms with Crippen molar-refractivity contribution in [2.75, 3.05) is 5.32 Å². The van der Waals surface area contributed by atoms with Gasteiger partial charge in [-0.3, -0.25) is 9.89 Å². The third-order valence-electron chi connectivity index (χ3n) is 6.57. The van der Waals surface area contributed by atoms with E-state index in [1.54, 1.807) is 0 Å². The SMILES string of the molecule is CCC1CC(=O)Nc2n[nH]c(C3CC(c4cccc(CNC5CC5)c4)C3)c21. The molecule has 1 atom stereocenters. The van der Waals surface area contributed by atoms with Crippen LogP contribution in [-0.2, 0) is 11.3 Å². The van der Waals surface area contributed by atoms with E-state index < -0.39 is 0 Å². The fourth-order valence-electron chi connectivity index (χ4n) is 4.67. The fraction of sp³-hybridized carbons (Fsp3) is 0.545. The van der Waals surface area contributed by atoms with Gasteiger partial charge in [-0.15, -0.1) is 0 Å². The first kappa shape index (κ1) is 17.0. The number of H-pyrrole nitrogens is 1. The van der Waals surface area contributed by atoms with Crippen molar-refractivity contribution in [3.05, 3.63) is 46.6 Å². The summed E-state index contributed by atoms with van der Waals surface area (Å²) in [5.74, 6) is 2.33. The molecule has 5 heteroatoms. The van der Waals surface area contributed by atoms with Crippen molar-refractivity contribution in [2.45, 2.75) is 75.8 Å². The number of nitrogens with one attached hydrogen (secondary N) is 3. The molecule has 2 aliphatic carbocycles. The monoisotopic (exact) mass is 364 g/mol. The number of amides is 1. The lowest BCUT2D eigenvalue weighted by Gasteiger charge is -2.37. The summed E-state index contributed by atoms with van der Waals surface area (Å²) in [7, 11) is 0. The van der Waals surface area contributed by atoms with E-state index in [1.807, 2.05) is 0 Å². The van der Waals surface area contributed by atoms with Gasteiger partial charge < -0.3 is 10.6 Å². The molecule has 2 fully saturated rings. The lowest BCUT2D eigenvalue weighted by Crippen LogP contribution is -2.26. The number of aromatic amines is 1. The van der Waals surface area contributed by atoms with Gasteiger partial charge in [-0.1, -0.05) is 31.2 Å². The van der Waals surface area contributed by atoms with Crippen LogP contribution < -0.4 is 10.6 Å². The van der Waals surface area contributed by atoms with Gasteiger partial charge in [0.1, 0.15) is 0 Å². The number of rotatable bonds is 6. The second kappa shape index (κ2) is 6.79. The van der Waals surface area contributed by atoms with E-state index in [0.29, 0.717) is 24.2 Å². The smallest absolute Gasteiger partial charge is 0.226 e. The molecule has 27 heavy (non-hydrogen) atoms. The van der Waals surface area contributed by atoms with Crippen LogP contribution in [0.5, 0.6) is 0 Å². The van der Waals surface area contributed by atoms with Crippen molar-refractivity contribution in [3.8, 4) is 0 Å². The average Bonchev–Trinajstić information content (AvgIpc) is 3.38. The summed E-state index contributed by atoms with van der Waals surface area (Å²) in [5.41, 5.74) is 5.40. The summed E-state index contributed by atoms with van der Waals surface area (Å²) in [6, 6.07) is 9.84. The normalized spacial score (nSPS) is 27.0. The Labute approximate surface area is 160 Å². The number of fused-ring (bicyclic) bond motifs is 1. The summed E-state index contributed by atoms with van der Waals surface area (Å²) < 4.78 is 0. The third-order valence-corrected chi connectivity index (χ3v) is 6.57. The third kappa shape index (κ3) is 3.29. The van der Waals surface area contributed by atoms with Crippen molar-refractivity contribution in [2.24, 2.45) is 0 Å². The molecule has 1 aromatic heterocycles. The van der Waals surface area contributed by atoms with Gasteiger partial charge in [-0.25, -0.2) is 0 Å². The van der Waals surface area contributed by atoms with E-state index in [9.17, 15) is 4.79 Å². The molecule has 3 aliphatic rings. The zero-order valence-corrected chi connectivity index (χ0v) is 15.9. The number of benzene rings is 1. The summed E-state index contributed by atoms with van der Waals surface area (Å²) in [6.45, 7) is 3.15. The van der Waals surface area contributed by atoms with Crippen LogP contribution in [0.25, 0.3) is 0 Å². The molecular weight excluding hydrogens is 336 g/mol. The number of hydrogen-bond donors (Lipinski definition) is 3. The average molecular weight is 364 g/mol. The molecule has 0 saturated heterocycles. The van der Waals surface area contributed by atoms with E-state index in [-0.39, 0.29) is 5.91 Å². The first-order valence-corrected chi connectivity index (χ1v) is 10.4. The number of nitrogens with zero attached hydrogens (tertiary/aromatic N) is 1. The molecule has 3 N–H and O–H groups in total. The Morgan fingerprint density at radius 3 is 2.85 bits per heavy atom. The predicted molar refractivity (Wildman–Crippen MR) is 106 cm³/mol. The number of carbonyl (C=O) groups excluding carboxylic acids is 1. The van der Waals surface area contributed by atoms with E-state index in [1.165, 1.54) is 48.1 Å². The molecule has 5 nitrogen and oxygen atoms in total. The Bertz CT molecular complexity index is 848. The highest BCUT2D eigenvalue weighted by molar-refractivity contribution is 5.93. The second-order valence-corrected chi connectivity index (χ2v) is 8.52. The second-order valence-electron chi connectivity index (χ2n) is 8.52. The molecule has 0 bridgehead atoms. The van der Waals surface area contributed by atoms with Gasteiger partial charge in [0.05, 0.1) is 0 Å². The van der Waals surface area contributed by atoms with Gasteiger partial charge in [-0.05, 0) is 55.1 Å². The lowest BCUT2D eigenvalue weighted by molar-refractivity contribution is -0.116. The Morgan fingerprint density at radius 2 is 2.07 bits per heavy atom. The van der Waals surface area contributed by atoms with Crippen LogP contribution in [0.1, 0.15) is 85.6 Å². The van der Waals surface area contributed by atoms with Gasteiger partial charge in [-0.2, -0.15) is 5.10 Å². The highest BCUT2D eigenvalue weighted by Crippen LogP contribution is 2.50. The van der Waals surface area contributed by atoms with Gasteiger partial charge in [0.15, 0.2) is 5.82 Å². The molecular formula is C22H28N4O. The summed E-state index contributed by atoms with van der Waals surface area (Å²) in [6.07, 6.45) is 6.56.